The van der Waals surface area contributed by atoms with Gasteiger partial charge in [0, 0.05) is 36.5 Å². The van der Waals surface area contributed by atoms with Crippen LogP contribution in [0.5, 0.6) is 0 Å². The Kier molecular flexibility index (Phi) is 4.26. The van der Waals surface area contributed by atoms with Crippen LogP contribution < -0.4 is 5.32 Å². The average molecular weight is 235 g/mol. The second-order valence-corrected chi connectivity index (χ2v) is 6.83. The van der Waals surface area contributed by atoms with Crippen LogP contribution in [0.1, 0.15) is 52.9 Å². The van der Waals surface area contributed by atoms with Gasteiger partial charge in [-0.2, -0.15) is 0 Å². The van der Waals surface area contributed by atoms with Gasteiger partial charge in [-0.1, -0.05) is 41.5 Å². The second-order valence-electron chi connectivity index (χ2n) is 6.83. The van der Waals surface area contributed by atoms with Gasteiger partial charge in [0.1, 0.15) is 5.82 Å². The second kappa shape index (κ2) is 5.13. The molecule has 3 heteroatoms. The summed E-state index contributed by atoms with van der Waals surface area (Å²) < 4.78 is 0. The highest BCUT2D eigenvalue weighted by molar-refractivity contribution is 5.09. The van der Waals surface area contributed by atoms with Crippen molar-refractivity contribution in [3.05, 3.63) is 23.8 Å². The predicted molar refractivity (Wildman–Crippen MR) is 71.9 cm³/mol. The monoisotopic (exact) mass is 235 g/mol. The van der Waals surface area contributed by atoms with Crippen LogP contribution in [0.2, 0.25) is 0 Å². The van der Waals surface area contributed by atoms with Crippen molar-refractivity contribution < 1.29 is 0 Å². The molecule has 96 valence electrons. The van der Waals surface area contributed by atoms with E-state index in [1.54, 1.807) is 0 Å². The first-order valence-electron chi connectivity index (χ1n) is 6.21. The lowest BCUT2D eigenvalue weighted by Crippen LogP contribution is -2.26. The summed E-state index contributed by atoms with van der Waals surface area (Å²) in [4.78, 5) is 8.83. The number of nitrogens with zero attached hydrogens (tertiary/aromatic N) is 2. The van der Waals surface area contributed by atoms with Gasteiger partial charge < -0.3 is 5.32 Å². The van der Waals surface area contributed by atoms with Crippen LogP contribution in [0, 0.1) is 5.41 Å². The zero-order valence-corrected chi connectivity index (χ0v) is 12.0. The van der Waals surface area contributed by atoms with Crippen LogP contribution in [-0.4, -0.2) is 16.5 Å². The maximum atomic E-state index is 4.41. The molecule has 1 N–H and O–H groups in total. The quantitative estimate of drug-likeness (QED) is 0.875. The molecule has 3 nitrogen and oxygen atoms in total. The third-order valence-electron chi connectivity index (χ3n) is 2.36. The molecule has 0 aliphatic heterocycles. The molecule has 17 heavy (non-hydrogen) atoms. The Morgan fingerprint density at radius 2 is 1.53 bits per heavy atom. The number of aromatic nitrogens is 2. The van der Waals surface area contributed by atoms with Gasteiger partial charge in [0.05, 0.1) is 0 Å². The minimum atomic E-state index is 0.0252. The molecule has 0 amide bonds. The maximum Gasteiger partial charge on any atom is 0.133 e. The predicted octanol–water partition coefficient (Wildman–Crippen LogP) is 2.91. The summed E-state index contributed by atoms with van der Waals surface area (Å²) in [5.74, 6) is 0.900. The van der Waals surface area contributed by atoms with E-state index in [-0.39, 0.29) is 5.41 Å². The van der Waals surface area contributed by atoms with Crippen LogP contribution in [0.25, 0.3) is 0 Å². The molecule has 1 rings (SSSR count). The third-order valence-corrected chi connectivity index (χ3v) is 2.36. The molecule has 0 radical (unpaired) electrons. The molecule has 1 aromatic heterocycles. The fourth-order valence-electron chi connectivity index (χ4n) is 1.42. The minimum absolute atomic E-state index is 0.0252. The van der Waals surface area contributed by atoms with Crippen LogP contribution in [-0.2, 0) is 12.0 Å². The minimum Gasteiger partial charge on any atom is -0.312 e. The van der Waals surface area contributed by atoms with Gasteiger partial charge in [0.15, 0.2) is 0 Å². The lowest BCUT2D eigenvalue weighted by atomic mass is 9.96. The van der Waals surface area contributed by atoms with E-state index in [1.165, 1.54) is 0 Å². The summed E-state index contributed by atoms with van der Waals surface area (Å²) in [6.45, 7) is 14.9. The van der Waals surface area contributed by atoms with Crippen LogP contribution in [0.15, 0.2) is 12.4 Å². The Morgan fingerprint density at radius 3 is 1.94 bits per heavy atom. The average Bonchev–Trinajstić information content (AvgIpc) is 2.15. The number of hydrogen-bond donors (Lipinski definition) is 1. The Morgan fingerprint density at radius 1 is 1.00 bits per heavy atom. The van der Waals surface area contributed by atoms with Crippen molar-refractivity contribution in [3.63, 3.8) is 0 Å². The fraction of sp³-hybridized carbons (Fsp3) is 0.714. The van der Waals surface area contributed by atoms with Gasteiger partial charge in [-0.25, -0.2) is 9.97 Å². The van der Waals surface area contributed by atoms with Gasteiger partial charge in [-0.15, -0.1) is 0 Å². The van der Waals surface area contributed by atoms with Crippen LogP contribution in [0.3, 0.4) is 0 Å². The first-order chi connectivity index (χ1) is 7.68. The molecular formula is C14H25N3. The van der Waals surface area contributed by atoms with E-state index in [1.807, 2.05) is 12.4 Å². The van der Waals surface area contributed by atoms with E-state index in [0.717, 1.165) is 24.5 Å². The molecule has 1 heterocycles. The van der Waals surface area contributed by atoms with Crippen molar-refractivity contribution in [2.24, 2.45) is 5.41 Å². The van der Waals surface area contributed by atoms with Crippen LogP contribution >= 0.6 is 0 Å². The van der Waals surface area contributed by atoms with E-state index in [9.17, 15) is 0 Å². The molecule has 0 unspecified atom stereocenters. The van der Waals surface area contributed by atoms with Crippen molar-refractivity contribution in [3.8, 4) is 0 Å². The van der Waals surface area contributed by atoms with Gasteiger partial charge in [-0.3, -0.25) is 0 Å². The van der Waals surface area contributed by atoms with Crippen molar-refractivity contribution in [2.45, 2.75) is 53.5 Å². The van der Waals surface area contributed by atoms with Crippen LogP contribution in [0.4, 0.5) is 0 Å². The first kappa shape index (κ1) is 14.1. The molecule has 1 aromatic rings. The lowest BCUT2D eigenvalue weighted by molar-refractivity contribution is 0.379. The standard InChI is InChI=1S/C14H25N3/c1-13(2,3)10-15-7-11-8-16-12(17-9-11)14(4,5)6/h8-9,15H,7,10H2,1-6H3. The highest BCUT2D eigenvalue weighted by atomic mass is 14.9. The van der Waals surface area contributed by atoms with E-state index < -0.39 is 0 Å². The molecular weight excluding hydrogens is 210 g/mol. The summed E-state index contributed by atoms with van der Waals surface area (Å²) >= 11 is 0. The van der Waals surface area contributed by atoms with Gasteiger partial charge in [0.25, 0.3) is 0 Å². The fourth-order valence-corrected chi connectivity index (χ4v) is 1.42. The van der Waals surface area contributed by atoms with Crippen molar-refractivity contribution in [1.82, 2.24) is 15.3 Å². The third kappa shape index (κ3) is 5.26. The molecule has 0 bridgehead atoms. The normalized spacial score (nSPS) is 12.8. The van der Waals surface area contributed by atoms with Gasteiger partial charge >= 0.3 is 0 Å². The lowest BCUT2D eigenvalue weighted by Gasteiger charge is -2.19. The van der Waals surface area contributed by atoms with Gasteiger partial charge in [-0.05, 0) is 5.41 Å². The van der Waals surface area contributed by atoms with E-state index >= 15 is 0 Å². The largest absolute Gasteiger partial charge is 0.312 e. The SMILES string of the molecule is CC(C)(C)CNCc1cnc(C(C)(C)C)nc1. The number of hydrogen-bond acceptors (Lipinski definition) is 3. The molecule has 0 saturated carbocycles. The molecule has 0 spiro atoms. The molecule has 0 saturated heterocycles. The van der Waals surface area contributed by atoms with E-state index in [2.05, 4.69) is 56.8 Å². The van der Waals surface area contributed by atoms with Crippen molar-refractivity contribution >= 4 is 0 Å². The van der Waals surface area contributed by atoms with E-state index in [0.29, 0.717) is 5.41 Å². The first-order valence-corrected chi connectivity index (χ1v) is 6.21. The summed E-state index contributed by atoms with van der Waals surface area (Å²) in [5, 5.41) is 3.42. The summed E-state index contributed by atoms with van der Waals surface area (Å²) in [5.41, 5.74) is 1.48. The maximum absolute atomic E-state index is 4.41. The molecule has 0 atom stereocenters. The summed E-state index contributed by atoms with van der Waals surface area (Å²) in [7, 11) is 0. The zero-order chi connectivity index (χ0) is 13.1. The Bertz CT molecular complexity index is 341. The summed E-state index contributed by atoms with van der Waals surface area (Å²) in [6, 6.07) is 0. The molecule has 0 aliphatic rings. The zero-order valence-electron chi connectivity index (χ0n) is 12.0. The van der Waals surface area contributed by atoms with Gasteiger partial charge in [0.2, 0.25) is 0 Å². The molecule has 0 fully saturated rings. The topological polar surface area (TPSA) is 37.8 Å². The highest BCUT2D eigenvalue weighted by Gasteiger charge is 2.16. The van der Waals surface area contributed by atoms with Crippen molar-refractivity contribution in [2.75, 3.05) is 6.54 Å². The highest BCUT2D eigenvalue weighted by Crippen LogP contribution is 2.17. The number of rotatable bonds is 3. The Hall–Kier alpha value is -0.960. The number of nitrogens with one attached hydrogen (secondary N) is 1. The van der Waals surface area contributed by atoms with E-state index in [4.69, 9.17) is 0 Å². The summed E-state index contributed by atoms with van der Waals surface area (Å²) in [6.07, 6.45) is 3.84. The molecule has 0 aliphatic carbocycles. The Labute approximate surface area is 105 Å². The Balaban J connectivity index is 2.52. The van der Waals surface area contributed by atoms with Crippen molar-refractivity contribution in [1.29, 1.82) is 0 Å². The smallest absolute Gasteiger partial charge is 0.133 e. The molecule has 0 aromatic carbocycles.